The number of benzene rings is 1. The van der Waals surface area contributed by atoms with E-state index in [0.29, 0.717) is 5.56 Å². The summed E-state index contributed by atoms with van der Waals surface area (Å²) < 4.78 is 0. The fourth-order valence-electron chi connectivity index (χ4n) is 1.42. The van der Waals surface area contributed by atoms with E-state index in [4.69, 9.17) is 0 Å². The Bertz CT molecular complexity index is 365. The van der Waals surface area contributed by atoms with Gasteiger partial charge < -0.3 is 5.11 Å². The van der Waals surface area contributed by atoms with Crippen LogP contribution in [0.3, 0.4) is 0 Å². The first-order valence-corrected chi connectivity index (χ1v) is 4.78. The maximum absolute atomic E-state index is 11.7. The minimum atomic E-state index is -0.0317. The van der Waals surface area contributed by atoms with Crippen LogP contribution in [0.2, 0.25) is 0 Å². The molecule has 0 spiro atoms. The number of rotatable bonds is 2. The molecule has 0 unspecified atom stereocenters. The summed E-state index contributed by atoms with van der Waals surface area (Å²) in [7, 11) is 0. The number of aromatic hydroxyl groups is 1. The van der Waals surface area contributed by atoms with Crippen molar-refractivity contribution in [3.63, 3.8) is 0 Å². The Kier molecular flexibility index (Phi) is 2.94. The summed E-state index contributed by atoms with van der Waals surface area (Å²) in [5.74, 6) is 0.244. The zero-order valence-corrected chi connectivity index (χ0v) is 9.09. The first-order valence-electron chi connectivity index (χ1n) is 4.78. The molecule has 0 aliphatic heterocycles. The molecule has 0 atom stereocenters. The number of phenols is 1. The standard InChI is InChI=1S/C12H16O2/c1-7(2)12(14)10-6-11(13)9(4)5-8(10)3/h5-7,13H,1-4H3. The van der Waals surface area contributed by atoms with E-state index in [9.17, 15) is 9.90 Å². The molecule has 0 saturated carbocycles. The van der Waals surface area contributed by atoms with Gasteiger partial charge in [0.25, 0.3) is 0 Å². The summed E-state index contributed by atoms with van der Waals surface area (Å²) in [5, 5.41) is 9.50. The fraction of sp³-hybridized carbons (Fsp3) is 0.417. The second-order valence-electron chi connectivity index (χ2n) is 3.97. The first-order chi connectivity index (χ1) is 6.43. The summed E-state index contributed by atoms with van der Waals surface area (Å²) in [6.45, 7) is 7.44. The van der Waals surface area contributed by atoms with Gasteiger partial charge in [0.2, 0.25) is 0 Å². The zero-order chi connectivity index (χ0) is 10.9. The SMILES string of the molecule is Cc1cc(C)c(C(=O)C(C)C)cc1O. The predicted octanol–water partition coefficient (Wildman–Crippen LogP) is 2.85. The molecule has 0 fully saturated rings. The highest BCUT2D eigenvalue weighted by atomic mass is 16.3. The molecule has 76 valence electrons. The van der Waals surface area contributed by atoms with Gasteiger partial charge in [0.15, 0.2) is 5.78 Å². The van der Waals surface area contributed by atoms with Gasteiger partial charge in [0.1, 0.15) is 5.75 Å². The summed E-state index contributed by atoms with van der Waals surface area (Å²) in [4.78, 5) is 11.7. The summed E-state index contributed by atoms with van der Waals surface area (Å²) in [5.41, 5.74) is 2.37. The van der Waals surface area contributed by atoms with Gasteiger partial charge in [-0.05, 0) is 31.0 Å². The number of ketones is 1. The van der Waals surface area contributed by atoms with Crippen LogP contribution >= 0.6 is 0 Å². The van der Waals surface area contributed by atoms with Crippen LogP contribution in [0, 0.1) is 19.8 Å². The summed E-state index contributed by atoms with van der Waals surface area (Å²) in [6.07, 6.45) is 0. The molecule has 14 heavy (non-hydrogen) atoms. The number of hydrogen-bond acceptors (Lipinski definition) is 2. The van der Waals surface area contributed by atoms with E-state index in [1.807, 2.05) is 33.8 Å². The zero-order valence-electron chi connectivity index (χ0n) is 9.09. The van der Waals surface area contributed by atoms with Gasteiger partial charge in [-0.3, -0.25) is 4.79 Å². The van der Waals surface area contributed by atoms with Crippen molar-refractivity contribution < 1.29 is 9.90 Å². The predicted molar refractivity (Wildman–Crippen MR) is 56.7 cm³/mol. The number of aryl methyl sites for hydroxylation is 2. The number of carbonyl (C=O) groups excluding carboxylic acids is 1. The van der Waals surface area contributed by atoms with Gasteiger partial charge in [0, 0.05) is 11.5 Å². The Morgan fingerprint density at radius 2 is 1.79 bits per heavy atom. The van der Waals surface area contributed by atoms with Gasteiger partial charge in [-0.25, -0.2) is 0 Å². The van der Waals surface area contributed by atoms with E-state index < -0.39 is 0 Å². The fourth-order valence-corrected chi connectivity index (χ4v) is 1.42. The van der Waals surface area contributed by atoms with Crippen LogP contribution in [0.25, 0.3) is 0 Å². The van der Waals surface area contributed by atoms with Gasteiger partial charge >= 0.3 is 0 Å². The highest BCUT2D eigenvalue weighted by molar-refractivity contribution is 5.99. The number of hydrogen-bond donors (Lipinski definition) is 1. The van der Waals surface area contributed by atoms with Crippen molar-refractivity contribution in [2.75, 3.05) is 0 Å². The second kappa shape index (κ2) is 3.82. The molecule has 0 saturated heterocycles. The van der Waals surface area contributed by atoms with Crippen molar-refractivity contribution in [1.29, 1.82) is 0 Å². The van der Waals surface area contributed by atoms with Crippen molar-refractivity contribution in [3.8, 4) is 5.75 Å². The van der Waals surface area contributed by atoms with E-state index in [-0.39, 0.29) is 17.5 Å². The van der Waals surface area contributed by atoms with Crippen LogP contribution in [0.15, 0.2) is 12.1 Å². The molecular formula is C12H16O2. The van der Waals surface area contributed by atoms with Crippen LogP contribution in [0.1, 0.15) is 35.3 Å². The van der Waals surface area contributed by atoms with E-state index in [2.05, 4.69) is 0 Å². The lowest BCUT2D eigenvalue weighted by Crippen LogP contribution is -2.09. The van der Waals surface area contributed by atoms with Crippen LogP contribution < -0.4 is 0 Å². The third-order valence-electron chi connectivity index (χ3n) is 2.33. The largest absolute Gasteiger partial charge is 0.508 e. The molecule has 1 rings (SSSR count). The smallest absolute Gasteiger partial charge is 0.165 e. The van der Waals surface area contributed by atoms with E-state index in [1.54, 1.807) is 6.07 Å². The first kappa shape index (κ1) is 10.8. The van der Waals surface area contributed by atoms with E-state index in [0.717, 1.165) is 11.1 Å². The van der Waals surface area contributed by atoms with E-state index >= 15 is 0 Å². The van der Waals surface area contributed by atoms with E-state index in [1.165, 1.54) is 0 Å². The maximum atomic E-state index is 11.7. The van der Waals surface area contributed by atoms with Crippen LogP contribution in [-0.2, 0) is 0 Å². The van der Waals surface area contributed by atoms with Gasteiger partial charge in [0.05, 0.1) is 0 Å². The lowest BCUT2D eigenvalue weighted by Gasteiger charge is -2.09. The Morgan fingerprint density at radius 3 is 2.29 bits per heavy atom. The normalized spacial score (nSPS) is 10.6. The summed E-state index contributed by atoms with van der Waals surface area (Å²) in [6, 6.07) is 3.40. The average molecular weight is 192 g/mol. The molecule has 2 heteroatoms. The molecular weight excluding hydrogens is 176 g/mol. The molecule has 0 bridgehead atoms. The number of carbonyl (C=O) groups is 1. The highest BCUT2D eigenvalue weighted by Gasteiger charge is 2.14. The minimum absolute atomic E-state index is 0.0317. The van der Waals surface area contributed by atoms with Crippen molar-refractivity contribution in [2.45, 2.75) is 27.7 Å². The minimum Gasteiger partial charge on any atom is -0.508 e. The second-order valence-corrected chi connectivity index (χ2v) is 3.97. The maximum Gasteiger partial charge on any atom is 0.165 e. The lowest BCUT2D eigenvalue weighted by molar-refractivity contribution is 0.0938. The van der Waals surface area contributed by atoms with Crippen LogP contribution in [-0.4, -0.2) is 10.9 Å². The summed E-state index contributed by atoms with van der Waals surface area (Å²) >= 11 is 0. The van der Waals surface area contributed by atoms with Crippen molar-refractivity contribution in [1.82, 2.24) is 0 Å². The Labute approximate surface area is 84.6 Å². The monoisotopic (exact) mass is 192 g/mol. The Morgan fingerprint density at radius 1 is 1.21 bits per heavy atom. The number of phenolic OH excluding ortho intramolecular Hbond substituents is 1. The molecule has 2 nitrogen and oxygen atoms in total. The van der Waals surface area contributed by atoms with Crippen molar-refractivity contribution in [3.05, 3.63) is 28.8 Å². The molecule has 1 aromatic carbocycles. The van der Waals surface area contributed by atoms with Gasteiger partial charge in [-0.15, -0.1) is 0 Å². The lowest BCUT2D eigenvalue weighted by atomic mass is 9.95. The van der Waals surface area contributed by atoms with Gasteiger partial charge in [-0.1, -0.05) is 19.9 Å². The molecule has 0 amide bonds. The quantitative estimate of drug-likeness (QED) is 0.731. The molecule has 1 aromatic rings. The Hall–Kier alpha value is -1.31. The van der Waals surface area contributed by atoms with Crippen LogP contribution in [0.5, 0.6) is 5.75 Å². The topological polar surface area (TPSA) is 37.3 Å². The van der Waals surface area contributed by atoms with Crippen LogP contribution in [0.4, 0.5) is 0 Å². The molecule has 0 aliphatic rings. The highest BCUT2D eigenvalue weighted by Crippen LogP contribution is 2.23. The van der Waals surface area contributed by atoms with Gasteiger partial charge in [-0.2, -0.15) is 0 Å². The third kappa shape index (κ3) is 1.95. The number of Topliss-reactive ketones (excluding diaryl/α,β-unsaturated/α-hetero) is 1. The third-order valence-corrected chi connectivity index (χ3v) is 2.33. The Balaban J connectivity index is 3.22. The van der Waals surface area contributed by atoms with Crippen molar-refractivity contribution in [2.24, 2.45) is 5.92 Å². The molecule has 1 N–H and O–H groups in total. The molecule has 0 aliphatic carbocycles. The molecule has 0 heterocycles. The molecule has 0 radical (unpaired) electrons. The van der Waals surface area contributed by atoms with Crippen molar-refractivity contribution >= 4 is 5.78 Å². The average Bonchev–Trinajstić information content (AvgIpc) is 2.10. The molecule has 0 aromatic heterocycles.